The summed E-state index contributed by atoms with van der Waals surface area (Å²) in [6, 6.07) is 12.4. The quantitative estimate of drug-likeness (QED) is 0.649. The molecule has 1 atom stereocenters. The Balaban J connectivity index is 2.36. The molecule has 80 valence electrons. The molecule has 0 aliphatic heterocycles. The van der Waals surface area contributed by atoms with E-state index in [0.29, 0.717) is 5.78 Å². The number of ketones is 1. The van der Waals surface area contributed by atoms with Gasteiger partial charge >= 0.3 is 0 Å². The number of hydrogen-bond donors (Lipinski definition) is 0. The Bertz CT molecular complexity index is 569. The molecule has 0 bridgehead atoms. The summed E-state index contributed by atoms with van der Waals surface area (Å²) in [6.07, 6.45) is 2.03. The number of carbonyl (C=O) groups excluding carboxylic acids is 1. The molecule has 2 aromatic rings. The largest absolute Gasteiger partial charge is 0.294 e. The third-order valence-corrected chi connectivity index (χ3v) is 3.56. The van der Waals surface area contributed by atoms with E-state index in [2.05, 4.69) is 24.3 Å². The van der Waals surface area contributed by atoms with E-state index in [4.69, 9.17) is 0 Å². The van der Waals surface area contributed by atoms with Gasteiger partial charge in [-0.05, 0) is 29.2 Å². The molecule has 2 aromatic carbocycles. The van der Waals surface area contributed by atoms with Gasteiger partial charge in [0, 0.05) is 11.5 Å². The first-order chi connectivity index (χ1) is 7.77. The van der Waals surface area contributed by atoms with Crippen LogP contribution in [0.5, 0.6) is 0 Å². The molecule has 0 heterocycles. The van der Waals surface area contributed by atoms with Crippen LogP contribution in [-0.4, -0.2) is 5.78 Å². The second-order valence-corrected chi connectivity index (χ2v) is 4.62. The predicted octanol–water partition coefficient (Wildman–Crippen LogP) is 3.60. The number of benzene rings is 2. The Hall–Kier alpha value is -1.63. The molecule has 0 N–H and O–H groups in total. The minimum absolute atomic E-state index is 0.179. The molecule has 0 aromatic heterocycles. The van der Waals surface area contributed by atoms with Crippen molar-refractivity contribution in [3.63, 3.8) is 0 Å². The van der Waals surface area contributed by atoms with Crippen molar-refractivity contribution in [2.24, 2.45) is 5.92 Å². The molecule has 0 amide bonds. The molecule has 0 saturated carbocycles. The molecule has 1 aliphatic carbocycles. The average molecular weight is 210 g/mol. The number of aryl methyl sites for hydroxylation is 1. The van der Waals surface area contributed by atoms with E-state index in [-0.39, 0.29) is 5.92 Å². The Morgan fingerprint density at radius 3 is 2.81 bits per heavy atom. The van der Waals surface area contributed by atoms with Crippen LogP contribution < -0.4 is 0 Å². The maximum atomic E-state index is 12.2. The fourth-order valence-corrected chi connectivity index (χ4v) is 2.57. The maximum absolute atomic E-state index is 12.2. The highest BCUT2D eigenvalue weighted by Gasteiger charge is 2.25. The number of rotatable bonds is 0. The van der Waals surface area contributed by atoms with Crippen LogP contribution in [0.2, 0.25) is 0 Å². The standard InChI is InChI=1S/C15H14O/c1-10-6-7-12-9-8-11-4-2-3-5-13(11)14(12)15(10)16/h2-5,8-10H,6-7H2,1H3/t10-/m0/s1. The SMILES string of the molecule is C[C@H]1CCc2ccc3ccccc3c2C1=O. The fourth-order valence-electron chi connectivity index (χ4n) is 2.57. The second-order valence-electron chi connectivity index (χ2n) is 4.62. The number of Topliss-reactive ketones (excluding diaryl/α,β-unsaturated/α-hetero) is 1. The molecule has 1 nitrogen and oxygen atoms in total. The van der Waals surface area contributed by atoms with Gasteiger partial charge in [0.05, 0.1) is 0 Å². The number of carbonyl (C=O) groups is 1. The molecular formula is C15H14O. The minimum Gasteiger partial charge on any atom is -0.294 e. The average Bonchev–Trinajstić information content (AvgIpc) is 2.33. The van der Waals surface area contributed by atoms with E-state index in [1.54, 1.807) is 0 Å². The van der Waals surface area contributed by atoms with Gasteiger partial charge in [-0.15, -0.1) is 0 Å². The Labute approximate surface area is 95.1 Å². The summed E-state index contributed by atoms with van der Waals surface area (Å²) in [7, 11) is 0. The highest BCUT2D eigenvalue weighted by atomic mass is 16.1. The van der Waals surface area contributed by atoms with Crippen molar-refractivity contribution in [2.45, 2.75) is 19.8 Å². The lowest BCUT2D eigenvalue weighted by molar-refractivity contribution is 0.0915. The van der Waals surface area contributed by atoms with E-state index >= 15 is 0 Å². The highest BCUT2D eigenvalue weighted by Crippen LogP contribution is 2.31. The minimum atomic E-state index is 0.179. The lowest BCUT2D eigenvalue weighted by atomic mass is 9.81. The van der Waals surface area contributed by atoms with Gasteiger partial charge < -0.3 is 0 Å². The highest BCUT2D eigenvalue weighted by molar-refractivity contribution is 6.10. The topological polar surface area (TPSA) is 17.1 Å². The van der Waals surface area contributed by atoms with Gasteiger partial charge in [0.2, 0.25) is 0 Å². The molecular weight excluding hydrogens is 196 g/mol. The first kappa shape index (κ1) is 9.59. The third kappa shape index (κ3) is 1.28. The van der Waals surface area contributed by atoms with E-state index in [1.807, 2.05) is 19.1 Å². The lowest BCUT2D eigenvalue weighted by Crippen LogP contribution is -2.20. The Morgan fingerprint density at radius 2 is 1.94 bits per heavy atom. The number of fused-ring (bicyclic) bond motifs is 3. The van der Waals surface area contributed by atoms with Gasteiger partial charge in [-0.3, -0.25) is 4.79 Å². The van der Waals surface area contributed by atoms with Crippen LogP contribution in [0.15, 0.2) is 36.4 Å². The van der Waals surface area contributed by atoms with Crippen LogP contribution >= 0.6 is 0 Å². The van der Waals surface area contributed by atoms with Crippen molar-refractivity contribution in [3.8, 4) is 0 Å². The smallest absolute Gasteiger partial charge is 0.166 e. The fraction of sp³-hybridized carbons (Fsp3) is 0.267. The predicted molar refractivity (Wildman–Crippen MR) is 65.8 cm³/mol. The zero-order chi connectivity index (χ0) is 11.1. The maximum Gasteiger partial charge on any atom is 0.166 e. The normalized spacial score (nSPS) is 19.8. The van der Waals surface area contributed by atoms with Crippen molar-refractivity contribution in [1.82, 2.24) is 0 Å². The van der Waals surface area contributed by atoms with Gasteiger partial charge in [0.1, 0.15) is 0 Å². The summed E-state index contributed by atoms with van der Waals surface area (Å²) in [6.45, 7) is 2.03. The second kappa shape index (κ2) is 3.44. The molecule has 0 unspecified atom stereocenters. The lowest BCUT2D eigenvalue weighted by Gasteiger charge is -2.21. The van der Waals surface area contributed by atoms with Crippen LogP contribution in [0, 0.1) is 5.92 Å². The first-order valence-corrected chi connectivity index (χ1v) is 5.82. The van der Waals surface area contributed by atoms with Gasteiger partial charge in [-0.25, -0.2) is 0 Å². The van der Waals surface area contributed by atoms with Crippen molar-refractivity contribution >= 4 is 16.6 Å². The van der Waals surface area contributed by atoms with E-state index in [0.717, 1.165) is 23.8 Å². The Kier molecular flexibility index (Phi) is 2.06. The van der Waals surface area contributed by atoms with Crippen LogP contribution in [0.3, 0.4) is 0 Å². The van der Waals surface area contributed by atoms with Crippen LogP contribution in [-0.2, 0) is 6.42 Å². The zero-order valence-electron chi connectivity index (χ0n) is 9.36. The molecule has 16 heavy (non-hydrogen) atoms. The van der Waals surface area contributed by atoms with Crippen LogP contribution in [0.4, 0.5) is 0 Å². The van der Waals surface area contributed by atoms with E-state index < -0.39 is 0 Å². The Morgan fingerprint density at radius 1 is 1.12 bits per heavy atom. The van der Waals surface area contributed by atoms with Gasteiger partial charge in [0.15, 0.2) is 5.78 Å². The molecule has 1 heteroatoms. The number of hydrogen-bond acceptors (Lipinski definition) is 1. The third-order valence-electron chi connectivity index (χ3n) is 3.56. The zero-order valence-corrected chi connectivity index (χ0v) is 9.36. The van der Waals surface area contributed by atoms with Crippen molar-refractivity contribution in [3.05, 3.63) is 47.5 Å². The molecule has 1 aliphatic rings. The summed E-state index contributed by atoms with van der Waals surface area (Å²) < 4.78 is 0. The van der Waals surface area contributed by atoms with Gasteiger partial charge in [-0.2, -0.15) is 0 Å². The van der Waals surface area contributed by atoms with E-state index in [9.17, 15) is 4.79 Å². The molecule has 0 fully saturated rings. The summed E-state index contributed by atoms with van der Waals surface area (Å²) in [5, 5.41) is 2.29. The van der Waals surface area contributed by atoms with E-state index in [1.165, 1.54) is 10.9 Å². The summed E-state index contributed by atoms with van der Waals surface area (Å²) >= 11 is 0. The van der Waals surface area contributed by atoms with Crippen molar-refractivity contribution in [1.29, 1.82) is 0 Å². The molecule has 0 radical (unpaired) electrons. The summed E-state index contributed by atoms with van der Waals surface area (Å²) in [5.41, 5.74) is 2.19. The van der Waals surface area contributed by atoms with Gasteiger partial charge in [-0.1, -0.05) is 43.3 Å². The summed E-state index contributed by atoms with van der Waals surface area (Å²) in [4.78, 5) is 12.2. The summed E-state index contributed by atoms with van der Waals surface area (Å²) in [5.74, 6) is 0.497. The molecule has 3 rings (SSSR count). The van der Waals surface area contributed by atoms with Crippen molar-refractivity contribution in [2.75, 3.05) is 0 Å². The molecule has 0 saturated heterocycles. The van der Waals surface area contributed by atoms with Crippen molar-refractivity contribution < 1.29 is 4.79 Å². The van der Waals surface area contributed by atoms with Crippen LogP contribution in [0.1, 0.15) is 29.3 Å². The first-order valence-electron chi connectivity index (χ1n) is 5.82. The van der Waals surface area contributed by atoms with Crippen LogP contribution in [0.25, 0.3) is 10.8 Å². The monoisotopic (exact) mass is 210 g/mol. The van der Waals surface area contributed by atoms with Gasteiger partial charge in [0.25, 0.3) is 0 Å². The molecule has 0 spiro atoms.